The average Bonchev–Trinajstić information content (AvgIpc) is 2.83. The summed E-state index contributed by atoms with van der Waals surface area (Å²) in [6.07, 6.45) is 6.83. The van der Waals surface area contributed by atoms with Gasteiger partial charge in [0.05, 0.1) is 0 Å². The molecule has 2 N–H and O–H groups in total. The topological polar surface area (TPSA) is 26.0 Å². The lowest BCUT2D eigenvalue weighted by Gasteiger charge is -2.35. The van der Waals surface area contributed by atoms with Gasteiger partial charge in [0.1, 0.15) is 0 Å². The fraction of sp³-hybridized carbons (Fsp3) is 0.714. The molecular formula is C14H23NS. The van der Waals surface area contributed by atoms with Crippen LogP contribution in [0.2, 0.25) is 0 Å². The summed E-state index contributed by atoms with van der Waals surface area (Å²) in [7, 11) is 0. The molecule has 0 radical (unpaired) electrons. The van der Waals surface area contributed by atoms with E-state index in [4.69, 9.17) is 5.73 Å². The maximum Gasteiger partial charge on any atom is -0.00430 e. The second-order valence-corrected chi connectivity index (χ2v) is 5.91. The molecule has 3 unspecified atom stereocenters. The van der Waals surface area contributed by atoms with E-state index in [1.807, 2.05) is 11.3 Å². The summed E-state index contributed by atoms with van der Waals surface area (Å²) in [5, 5.41) is 4.52. The fourth-order valence-corrected chi connectivity index (χ4v) is 3.89. The van der Waals surface area contributed by atoms with Gasteiger partial charge in [-0.25, -0.2) is 0 Å². The van der Waals surface area contributed by atoms with Crippen molar-refractivity contribution in [1.82, 2.24) is 0 Å². The Hall–Kier alpha value is -0.340. The monoisotopic (exact) mass is 237 g/mol. The third-order valence-corrected chi connectivity index (χ3v) is 4.77. The molecule has 3 atom stereocenters. The first kappa shape index (κ1) is 12.1. The van der Waals surface area contributed by atoms with Gasteiger partial charge in [-0.2, -0.15) is 11.3 Å². The third kappa shape index (κ3) is 2.67. The maximum atomic E-state index is 5.92. The molecule has 1 nitrogen and oxygen atoms in total. The summed E-state index contributed by atoms with van der Waals surface area (Å²) < 4.78 is 0. The average molecular weight is 237 g/mol. The van der Waals surface area contributed by atoms with Crippen molar-refractivity contribution >= 4 is 11.3 Å². The van der Waals surface area contributed by atoms with Crippen molar-refractivity contribution in [3.8, 4) is 0 Å². The Kier molecular flexibility index (Phi) is 4.42. The lowest BCUT2D eigenvalue weighted by Crippen LogP contribution is -2.28. The summed E-state index contributed by atoms with van der Waals surface area (Å²) in [6.45, 7) is 3.16. The molecule has 1 heterocycles. The van der Waals surface area contributed by atoms with Crippen LogP contribution >= 0.6 is 11.3 Å². The lowest BCUT2D eigenvalue weighted by atomic mass is 9.70. The molecule has 2 heteroatoms. The number of hydrogen-bond acceptors (Lipinski definition) is 2. The Labute approximate surface area is 103 Å². The Bertz CT molecular complexity index is 294. The molecule has 0 aromatic carbocycles. The predicted molar refractivity (Wildman–Crippen MR) is 71.9 cm³/mol. The van der Waals surface area contributed by atoms with E-state index in [2.05, 4.69) is 23.8 Å². The molecule has 1 aliphatic rings. The van der Waals surface area contributed by atoms with Crippen LogP contribution in [0.3, 0.4) is 0 Å². The molecule has 0 aliphatic heterocycles. The Morgan fingerprint density at radius 2 is 2.31 bits per heavy atom. The van der Waals surface area contributed by atoms with Gasteiger partial charge in [-0.15, -0.1) is 0 Å². The van der Waals surface area contributed by atoms with Gasteiger partial charge in [0.15, 0.2) is 0 Å². The highest BCUT2D eigenvalue weighted by Crippen LogP contribution is 2.42. The van der Waals surface area contributed by atoms with Gasteiger partial charge in [-0.1, -0.05) is 26.2 Å². The molecule has 16 heavy (non-hydrogen) atoms. The standard InChI is InChI=1S/C14H23NS/c1-2-3-11-4-5-12(9-15)14(8-11)13-6-7-16-10-13/h6-7,10-12,14H,2-5,8-9,15H2,1H3. The second-order valence-electron chi connectivity index (χ2n) is 5.13. The minimum Gasteiger partial charge on any atom is -0.330 e. The van der Waals surface area contributed by atoms with E-state index in [1.54, 1.807) is 5.56 Å². The van der Waals surface area contributed by atoms with E-state index in [1.165, 1.54) is 32.1 Å². The largest absolute Gasteiger partial charge is 0.330 e. The van der Waals surface area contributed by atoms with Crippen LogP contribution in [0.4, 0.5) is 0 Å². The van der Waals surface area contributed by atoms with E-state index in [0.717, 1.165) is 24.3 Å². The first-order valence-corrected chi connectivity index (χ1v) is 7.51. The summed E-state index contributed by atoms with van der Waals surface area (Å²) in [6, 6.07) is 2.30. The van der Waals surface area contributed by atoms with Crippen molar-refractivity contribution in [1.29, 1.82) is 0 Å². The molecule has 1 aliphatic carbocycles. The van der Waals surface area contributed by atoms with Crippen LogP contribution in [0.1, 0.15) is 50.5 Å². The van der Waals surface area contributed by atoms with Crippen LogP contribution in [0.5, 0.6) is 0 Å². The number of rotatable bonds is 4. The second kappa shape index (κ2) is 5.83. The van der Waals surface area contributed by atoms with Gasteiger partial charge in [0, 0.05) is 0 Å². The Morgan fingerprint density at radius 1 is 1.44 bits per heavy atom. The zero-order valence-corrected chi connectivity index (χ0v) is 11.0. The Morgan fingerprint density at radius 3 is 2.94 bits per heavy atom. The molecular weight excluding hydrogens is 214 g/mol. The highest BCUT2D eigenvalue weighted by atomic mass is 32.1. The minimum absolute atomic E-state index is 0.725. The SMILES string of the molecule is CCCC1CCC(CN)C(c2ccsc2)C1. The van der Waals surface area contributed by atoms with Crippen molar-refractivity contribution < 1.29 is 0 Å². The van der Waals surface area contributed by atoms with Crippen molar-refractivity contribution in [2.45, 2.75) is 44.9 Å². The van der Waals surface area contributed by atoms with Gasteiger partial charge in [0.2, 0.25) is 0 Å². The highest BCUT2D eigenvalue weighted by Gasteiger charge is 2.30. The van der Waals surface area contributed by atoms with Crippen molar-refractivity contribution in [2.24, 2.45) is 17.6 Å². The third-order valence-electron chi connectivity index (χ3n) is 4.07. The molecule has 0 spiro atoms. The maximum absolute atomic E-state index is 5.92. The number of thiophene rings is 1. The zero-order chi connectivity index (χ0) is 11.4. The quantitative estimate of drug-likeness (QED) is 0.841. The highest BCUT2D eigenvalue weighted by molar-refractivity contribution is 7.07. The van der Waals surface area contributed by atoms with Crippen LogP contribution in [0, 0.1) is 11.8 Å². The van der Waals surface area contributed by atoms with Gasteiger partial charge >= 0.3 is 0 Å². The summed E-state index contributed by atoms with van der Waals surface area (Å²) in [4.78, 5) is 0. The normalized spacial score (nSPS) is 30.5. The minimum atomic E-state index is 0.725. The Balaban J connectivity index is 2.05. The molecule has 2 rings (SSSR count). The smallest absolute Gasteiger partial charge is 0.00430 e. The van der Waals surface area contributed by atoms with Crippen molar-refractivity contribution in [3.63, 3.8) is 0 Å². The molecule has 0 saturated heterocycles. The van der Waals surface area contributed by atoms with E-state index in [9.17, 15) is 0 Å². The van der Waals surface area contributed by atoms with Crippen molar-refractivity contribution in [2.75, 3.05) is 6.54 Å². The van der Waals surface area contributed by atoms with Gasteiger partial charge in [-0.3, -0.25) is 0 Å². The van der Waals surface area contributed by atoms with Crippen LogP contribution < -0.4 is 5.73 Å². The zero-order valence-electron chi connectivity index (χ0n) is 10.2. The van der Waals surface area contributed by atoms with Crippen molar-refractivity contribution in [3.05, 3.63) is 22.4 Å². The number of nitrogens with two attached hydrogens (primary N) is 1. The van der Waals surface area contributed by atoms with Crippen LogP contribution in [-0.4, -0.2) is 6.54 Å². The molecule has 0 amide bonds. The molecule has 1 aromatic rings. The van der Waals surface area contributed by atoms with E-state index in [0.29, 0.717) is 0 Å². The summed E-state index contributed by atoms with van der Waals surface area (Å²) in [5.74, 6) is 2.40. The van der Waals surface area contributed by atoms with Crippen LogP contribution in [0.15, 0.2) is 16.8 Å². The van der Waals surface area contributed by atoms with Crippen LogP contribution in [-0.2, 0) is 0 Å². The molecule has 1 aromatic heterocycles. The lowest BCUT2D eigenvalue weighted by molar-refractivity contribution is 0.230. The van der Waals surface area contributed by atoms with Gasteiger partial charge in [-0.05, 0) is 59.5 Å². The van der Waals surface area contributed by atoms with E-state index < -0.39 is 0 Å². The molecule has 1 saturated carbocycles. The summed E-state index contributed by atoms with van der Waals surface area (Å²) >= 11 is 1.82. The number of hydrogen-bond donors (Lipinski definition) is 1. The fourth-order valence-electron chi connectivity index (χ4n) is 3.17. The van der Waals surface area contributed by atoms with E-state index in [-0.39, 0.29) is 0 Å². The van der Waals surface area contributed by atoms with Gasteiger partial charge < -0.3 is 5.73 Å². The van der Waals surface area contributed by atoms with Crippen LogP contribution in [0.25, 0.3) is 0 Å². The predicted octanol–water partition coefficient (Wildman–Crippen LogP) is 4.01. The van der Waals surface area contributed by atoms with E-state index >= 15 is 0 Å². The van der Waals surface area contributed by atoms with Gasteiger partial charge in [0.25, 0.3) is 0 Å². The first-order chi connectivity index (χ1) is 7.85. The first-order valence-electron chi connectivity index (χ1n) is 6.57. The molecule has 1 fully saturated rings. The molecule has 90 valence electrons. The molecule has 0 bridgehead atoms. The summed E-state index contributed by atoms with van der Waals surface area (Å²) in [5.41, 5.74) is 7.47.